The highest BCUT2D eigenvalue weighted by Gasteiger charge is 2.31. The standard InChI is InChI=1S/C16H27N3O2S.ClH/c1-15-6-5-11-19(14-15)22(20,21)18(13-10-17)12-9-16-7-3-2-4-8-16;/h2-4,7-8,15H,5-6,9-14,17H2,1H3;1H. The van der Waals surface area contributed by atoms with Crippen molar-refractivity contribution in [1.82, 2.24) is 8.61 Å². The van der Waals surface area contributed by atoms with Crippen LogP contribution < -0.4 is 5.73 Å². The lowest BCUT2D eigenvalue weighted by atomic mass is 10.0. The zero-order valence-electron chi connectivity index (χ0n) is 13.7. The Morgan fingerprint density at radius 3 is 2.57 bits per heavy atom. The number of benzene rings is 1. The summed E-state index contributed by atoms with van der Waals surface area (Å²) in [6, 6.07) is 9.96. The van der Waals surface area contributed by atoms with Crippen molar-refractivity contribution in [2.45, 2.75) is 26.2 Å². The third kappa shape index (κ3) is 5.72. The Morgan fingerprint density at radius 1 is 1.26 bits per heavy atom. The molecule has 7 heteroatoms. The van der Waals surface area contributed by atoms with Crippen molar-refractivity contribution in [3.05, 3.63) is 35.9 Å². The van der Waals surface area contributed by atoms with Gasteiger partial charge >= 0.3 is 0 Å². The molecule has 132 valence electrons. The molecule has 1 aromatic carbocycles. The van der Waals surface area contributed by atoms with Crippen LogP contribution in [0.25, 0.3) is 0 Å². The number of nitrogens with zero attached hydrogens (tertiary/aromatic N) is 2. The maximum absolute atomic E-state index is 12.8. The molecule has 0 aliphatic carbocycles. The summed E-state index contributed by atoms with van der Waals surface area (Å²) in [6.07, 6.45) is 2.76. The summed E-state index contributed by atoms with van der Waals surface area (Å²) in [5, 5.41) is 0. The van der Waals surface area contributed by atoms with E-state index < -0.39 is 10.2 Å². The van der Waals surface area contributed by atoms with Crippen LogP contribution in [0.2, 0.25) is 0 Å². The second-order valence-electron chi connectivity index (χ2n) is 6.04. The number of nitrogens with two attached hydrogens (primary N) is 1. The number of rotatable bonds is 7. The van der Waals surface area contributed by atoms with Crippen LogP contribution in [-0.4, -0.2) is 49.8 Å². The summed E-state index contributed by atoms with van der Waals surface area (Å²) in [6.45, 7) is 4.55. The quantitative estimate of drug-likeness (QED) is 0.806. The molecule has 1 atom stereocenters. The van der Waals surface area contributed by atoms with Gasteiger partial charge in [0.1, 0.15) is 0 Å². The van der Waals surface area contributed by atoms with Gasteiger partial charge in [0.05, 0.1) is 0 Å². The lowest BCUT2D eigenvalue weighted by Gasteiger charge is -2.34. The van der Waals surface area contributed by atoms with E-state index in [4.69, 9.17) is 5.73 Å². The average molecular weight is 362 g/mol. The van der Waals surface area contributed by atoms with Gasteiger partial charge in [0.2, 0.25) is 0 Å². The van der Waals surface area contributed by atoms with E-state index in [1.54, 1.807) is 4.31 Å². The minimum atomic E-state index is -3.40. The van der Waals surface area contributed by atoms with Crippen LogP contribution in [0.15, 0.2) is 30.3 Å². The van der Waals surface area contributed by atoms with Crippen molar-refractivity contribution in [2.24, 2.45) is 11.7 Å². The van der Waals surface area contributed by atoms with Crippen LogP contribution in [0.5, 0.6) is 0 Å². The molecule has 1 fully saturated rings. The van der Waals surface area contributed by atoms with Gasteiger partial charge < -0.3 is 5.73 Å². The van der Waals surface area contributed by atoms with Crippen molar-refractivity contribution < 1.29 is 8.42 Å². The first kappa shape index (κ1) is 20.4. The molecule has 0 bridgehead atoms. The van der Waals surface area contributed by atoms with E-state index in [0.29, 0.717) is 45.1 Å². The molecule has 23 heavy (non-hydrogen) atoms. The van der Waals surface area contributed by atoms with Gasteiger partial charge in [0.25, 0.3) is 10.2 Å². The van der Waals surface area contributed by atoms with Crippen LogP contribution in [0.4, 0.5) is 0 Å². The highest BCUT2D eigenvalue weighted by Crippen LogP contribution is 2.20. The lowest BCUT2D eigenvalue weighted by molar-refractivity contribution is 0.258. The molecule has 1 aromatic rings. The summed E-state index contributed by atoms with van der Waals surface area (Å²) in [5.74, 6) is 0.428. The number of piperidine rings is 1. The van der Waals surface area contributed by atoms with Gasteiger partial charge in [-0.3, -0.25) is 0 Å². The Morgan fingerprint density at radius 2 is 1.96 bits per heavy atom. The van der Waals surface area contributed by atoms with E-state index >= 15 is 0 Å². The van der Waals surface area contributed by atoms with Crippen LogP contribution in [0, 0.1) is 5.92 Å². The molecular formula is C16H28ClN3O2S. The zero-order valence-corrected chi connectivity index (χ0v) is 15.4. The maximum atomic E-state index is 12.8. The lowest BCUT2D eigenvalue weighted by Crippen LogP contribution is -2.49. The third-order valence-electron chi connectivity index (χ3n) is 4.14. The fourth-order valence-corrected chi connectivity index (χ4v) is 4.69. The van der Waals surface area contributed by atoms with E-state index in [9.17, 15) is 8.42 Å². The van der Waals surface area contributed by atoms with E-state index in [0.717, 1.165) is 18.4 Å². The second-order valence-corrected chi connectivity index (χ2v) is 7.96. The van der Waals surface area contributed by atoms with Crippen molar-refractivity contribution in [2.75, 3.05) is 32.7 Å². The predicted molar refractivity (Wildman–Crippen MR) is 96.9 cm³/mol. The van der Waals surface area contributed by atoms with E-state index in [1.165, 1.54) is 4.31 Å². The first-order valence-corrected chi connectivity index (χ1v) is 9.43. The Hall–Kier alpha value is -0.660. The third-order valence-corrected chi connectivity index (χ3v) is 6.15. The van der Waals surface area contributed by atoms with Gasteiger partial charge in [-0.2, -0.15) is 17.0 Å². The first-order chi connectivity index (χ1) is 10.5. The zero-order chi connectivity index (χ0) is 16.0. The summed E-state index contributed by atoms with van der Waals surface area (Å²) in [4.78, 5) is 0. The number of hydrogen-bond donors (Lipinski definition) is 1. The SMILES string of the molecule is CC1CCCN(S(=O)(=O)N(CCN)CCc2ccccc2)C1.Cl. The Labute approximate surface area is 146 Å². The fourth-order valence-electron chi connectivity index (χ4n) is 2.90. The molecule has 2 rings (SSSR count). The van der Waals surface area contributed by atoms with Crippen LogP contribution in [0.1, 0.15) is 25.3 Å². The van der Waals surface area contributed by atoms with E-state index in [2.05, 4.69) is 6.92 Å². The van der Waals surface area contributed by atoms with E-state index in [1.807, 2.05) is 30.3 Å². The normalized spacial score (nSPS) is 19.5. The maximum Gasteiger partial charge on any atom is 0.282 e. The van der Waals surface area contributed by atoms with Gasteiger partial charge in [-0.25, -0.2) is 0 Å². The van der Waals surface area contributed by atoms with Crippen LogP contribution in [-0.2, 0) is 16.6 Å². The molecule has 5 nitrogen and oxygen atoms in total. The van der Waals surface area contributed by atoms with Gasteiger partial charge in [-0.15, -0.1) is 12.4 Å². The smallest absolute Gasteiger partial charge is 0.282 e. The van der Waals surface area contributed by atoms with Crippen LogP contribution in [0.3, 0.4) is 0 Å². The summed E-state index contributed by atoms with van der Waals surface area (Å²) >= 11 is 0. The highest BCUT2D eigenvalue weighted by molar-refractivity contribution is 7.86. The molecule has 2 N–H and O–H groups in total. The Balaban J connectivity index is 0.00000264. The van der Waals surface area contributed by atoms with Crippen molar-refractivity contribution in [1.29, 1.82) is 0 Å². The minimum absolute atomic E-state index is 0. The van der Waals surface area contributed by atoms with Crippen molar-refractivity contribution in [3.8, 4) is 0 Å². The average Bonchev–Trinajstić information content (AvgIpc) is 2.52. The molecule has 0 amide bonds. The fraction of sp³-hybridized carbons (Fsp3) is 0.625. The molecule has 1 heterocycles. The molecule has 1 aliphatic heterocycles. The molecule has 1 saturated heterocycles. The largest absolute Gasteiger partial charge is 0.329 e. The Bertz CT molecular complexity index is 554. The second kappa shape index (κ2) is 9.59. The Kier molecular flexibility index (Phi) is 8.50. The van der Waals surface area contributed by atoms with E-state index in [-0.39, 0.29) is 12.4 Å². The van der Waals surface area contributed by atoms with Gasteiger partial charge in [-0.05, 0) is 30.7 Å². The molecule has 0 aromatic heterocycles. The van der Waals surface area contributed by atoms with Crippen LogP contribution >= 0.6 is 12.4 Å². The monoisotopic (exact) mass is 361 g/mol. The molecule has 1 unspecified atom stereocenters. The molecular weight excluding hydrogens is 334 g/mol. The topological polar surface area (TPSA) is 66.6 Å². The van der Waals surface area contributed by atoms with Crippen molar-refractivity contribution in [3.63, 3.8) is 0 Å². The van der Waals surface area contributed by atoms with Gasteiger partial charge in [-0.1, -0.05) is 37.3 Å². The van der Waals surface area contributed by atoms with Gasteiger partial charge in [0.15, 0.2) is 0 Å². The summed E-state index contributed by atoms with van der Waals surface area (Å²) in [7, 11) is -3.40. The summed E-state index contributed by atoms with van der Waals surface area (Å²) in [5.41, 5.74) is 6.77. The van der Waals surface area contributed by atoms with Gasteiger partial charge in [0, 0.05) is 32.7 Å². The predicted octanol–water partition coefficient (Wildman–Crippen LogP) is 1.89. The molecule has 0 spiro atoms. The first-order valence-electron chi connectivity index (χ1n) is 8.03. The number of halogens is 1. The molecule has 1 aliphatic rings. The summed E-state index contributed by atoms with van der Waals surface area (Å²) < 4.78 is 28.8. The highest BCUT2D eigenvalue weighted by atomic mass is 35.5. The number of hydrogen-bond acceptors (Lipinski definition) is 3. The molecule has 0 radical (unpaired) electrons. The minimum Gasteiger partial charge on any atom is -0.329 e. The molecule has 0 saturated carbocycles. The van der Waals surface area contributed by atoms with Crippen molar-refractivity contribution >= 4 is 22.6 Å².